The van der Waals surface area contributed by atoms with Crippen molar-refractivity contribution in [3.8, 4) is 6.07 Å². The van der Waals surface area contributed by atoms with E-state index in [0.29, 0.717) is 5.01 Å². The molecule has 1 aliphatic rings. The van der Waals surface area contributed by atoms with E-state index < -0.39 is 18.4 Å². The molecule has 1 aromatic heterocycles. The lowest BCUT2D eigenvalue weighted by molar-refractivity contribution is 0.00979. The summed E-state index contributed by atoms with van der Waals surface area (Å²) in [7, 11) is 0. The number of alkyl halides is 2. The summed E-state index contributed by atoms with van der Waals surface area (Å²) in [5.74, 6) is 0. The predicted molar refractivity (Wildman–Crippen MR) is 54.3 cm³/mol. The zero-order chi connectivity index (χ0) is 11.6. The second kappa shape index (κ2) is 4.44. The van der Waals surface area contributed by atoms with Crippen LogP contribution in [-0.4, -0.2) is 18.0 Å². The molecule has 0 saturated heterocycles. The number of ether oxygens (including phenoxy) is 1. The number of aromatic nitrogens is 1. The summed E-state index contributed by atoms with van der Waals surface area (Å²) in [5, 5.41) is 11.4. The molecule has 0 unspecified atom stereocenters. The van der Waals surface area contributed by atoms with Crippen LogP contribution in [0.15, 0.2) is 5.38 Å². The van der Waals surface area contributed by atoms with Crippen LogP contribution in [0, 0.1) is 11.3 Å². The van der Waals surface area contributed by atoms with Gasteiger partial charge in [0, 0.05) is 5.38 Å². The summed E-state index contributed by atoms with van der Waals surface area (Å²) >= 11 is 1.35. The van der Waals surface area contributed by atoms with Crippen LogP contribution in [0.1, 0.15) is 23.5 Å². The maximum absolute atomic E-state index is 11.8. The highest BCUT2D eigenvalue weighted by Gasteiger charge is 2.46. The van der Waals surface area contributed by atoms with Crippen molar-refractivity contribution in [3.05, 3.63) is 16.1 Å². The Morgan fingerprint density at radius 3 is 2.94 bits per heavy atom. The van der Waals surface area contributed by atoms with Crippen molar-refractivity contribution >= 4 is 11.3 Å². The van der Waals surface area contributed by atoms with E-state index in [1.165, 1.54) is 11.3 Å². The molecule has 6 heteroatoms. The van der Waals surface area contributed by atoms with E-state index in [4.69, 9.17) is 10.00 Å². The third-order valence-electron chi connectivity index (χ3n) is 2.48. The van der Waals surface area contributed by atoms with Gasteiger partial charge in [0.1, 0.15) is 17.0 Å². The molecule has 1 saturated carbocycles. The van der Waals surface area contributed by atoms with Gasteiger partial charge in [-0.3, -0.25) is 0 Å². The molecule has 1 fully saturated rings. The summed E-state index contributed by atoms with van der Waals surface area (Å²) in [6.45, 7) is -0.477. The monoisotopic (exact) mass is 244 g/mol. The molecule has 1 heterocycles. The van der Waals surface area contributed by atoms with Crippen LogP contribution in [0.5, 0.6) is 0 Å². The van der Waals surface area contributed by atoms with Gasteiger partial charge in [-0.25, -0.2) is 13.8 Å². The molecule has 0 atom stereocenters. The molecule has 3 nitrogen and oxygen atoms in total. The molecule has 1 aromatic rings. The van der Waals surface area contributed by atoms with E-state index in [0.717, 1.165) is 18.5 Å². The fourth-order valence-electron chi connectivity index (χ4n) is 1.38. The lowest BCUT2D eigenvalue weighted by Crippen LogP contribution is -2.05. The van der Waals surface area contributed by atoms with E-state index in [1.54, 1.807) is 0 Å². The summed E-state index contributed by atoms with van der Waals surface area (Å²) in [5.41, 5.74) is 0.355. The number of hydrogen-bond donors (Lipinski definition) is 0. The summed E-state index contributed by atoms with van der Waals surface area (Å²) in [4.78, 5) is 4.24. The molecule has 86 valence electrons. The number of nitriles is 1. The Balaban J connectivity index is 1.91. The third kappa shape index (κ3) is 2.36. The molecule has 0 amide bonds. The first-order valence-electron chi connectivity index (χ1n) is 4.88. The summed E-state index contributed by atoms with van der Waals surface area (Å²) in [6, 6.07) is 2.24. The molecule has 2 rings (SSSR count). The Labute approximate surface area is 95.7 Å². The lowest BCUT2D eigenvalue weighted by Gasteiger charge is -2.00. The quantitative estimate of drug-likeness (QED) is 0.799. The average molecular weight is 244 g/mol. The Morgan fingerprint density at radius 1 is 1.62 bits per heavy atom. The van der Waals surface area contributed by atoms with Gasteiger partial charge in [0.05, 0.1) is 18.4 Å². The minimum Gasteiger partial charge on any atom is -0.368 e. The minimum absolute atomic E-state index is 0.0938. The maximum atomic E-state index is 11.8. The summed E-state index contributed by atoms with van der Waals surface area (Å²) in [6.07, 6.45) is -0.775. The van der Waals surface area contributed by atoms with Crippen molar-refractivity contribution in [2.75, 3.05) is 6.61 Å². The molecule has 1 aliphatic carbocycles. The maximum Gasteiger partial charge on any atom is 0.261 e. The Morgan fingerprint density at radius 2 is 2.38 bits per heavy atom. The average Bonchev–Trinajstić information content (AvgIpc) is 2.92. The molecule has 16 heavy (non-hydrogen) atoms. The van der Waals surface area contributed by atoms with Crippen molar-refractivity contribution in [3.63, 3.8) is 0 Å². The third-order valence-corrected chi connectivity index (χ3v) is 3.30. The Hall–Kier alpha value is -1.06. The number of thiazole rings is 1. The van der Waals surface area contributed by atoms with Gasteiger partial charge in [0.25, 0.3) is 6.43 Å². The number of nitrogens with zero attached hydrogens (tertiary/aromatic N) is 2. The second-order valence-electron chi connectivity index (χ2n) is 3.73. The molecule has 0 spiro atoms. The first kappa shape index (κ1) is 11.4. The molecular weight excluding hydrogens is 234 g/mol. The predicted octanol–water partition coefficient (Wildman–Crippen LogP) is 2.48. The highest BCUT2D eigenvalue weighted by molar-refractivity contribution is 7.09. The Kier molecular flexibility index (Phi) is 3.17. The highest BCUT2D eigenvalue weighted by atomic mass is 32.1. The first-order valence-corrected chi connectivity index (χ1v) is 5.76. The van der Waals surface area contributed by atoms with E-state index in [-0.39, 0.29) is 6.61 Å². The highest BCUT2D eigenvalue weighted by Crippen LogP contribution is 2.47. The van der Waals surface area contributed by atoms with Crippen molar-refractivity contribution in [1.82, 2.24) is 4.98 Å². The van der Waals surface area contributed by atoms with Crippen molar-refractivity contribution in [1.29, 1.82) is 5.26 Å². The fourth-order valence-corrected chi connectivity index (χ4v) is 2.21. The second-order valence-corrected chi connectivity index (χ2v) is 4.67. The van der Waals surface area contributed by atoms with Crippen LogP contribution in [0.3, 0.4) is 0 Å². The van der Waals surface area contributed by atoms with Crippen molar-refractivity contribution in [2.24, 2.45) is 0 Å². The largest absolute Gasteiger partial charge is 0.368 e. The van der Waals surface area contributed by atoms with E-state index in [1.807, 2.05) is 5.38 Å². The van der Waals surface area contributed by atoms with E-state index in [9.17, 15) is 8.78 Å². The smallest absolute Gasteiger partial charge is 0.261 e. The summed E-state index contributed by atoms with van der Waals surface area (Å²) < 4.78 is 28.4. The number of halogens is 2. The van der Waals surface area contributed by atoms with E-state index >= 15 is 0 Å². The fraction of sp³-hybridized carbons (Fsp3) is 0.600. The minimum atomic E-state index is -2.45. The van der Waals surface area contributed by atoms with Crippen LogP contribution in [0.25, 0.3) is 0 Å². The van der Waals surface area contributed by atoms with E-state index in [2.05, 4.69) is 11.1 Å². The SMILES string of the molecule is N#CC1(c2csc(COCC(F)F)n2)CC1. The normalized spacial score (nSPS) is 17.4. The molecule has 0 aliphatic heterocycles. The van der Waals surface area contributed by atoms with Crippen molar-refractivity contribution in [2.45, 2.75) is 31.3 Å². The Bertz CT molecular complexity index is 409. The standard InChI is InChI=1S/C10H10F2N2OS/c11-8(12)3-15-4-9-14-7(5-16-9)10(6-13)1-2-10/h5,8H,1-4H2. The van der Waals surface area contributed by atoms with Gasteiger partial charge >= 0.3 is 0 Å². The first-order chi connectivity index (χ1) is 7.66. The zero-order valence-corrected chi connectivity index (χ0v) is 9.27. The molecule has 0 bridgehead atoms. The van der Waals surface area contributed by atoms with Crippen LogP contribution in [0.4, 0.5) is 8.78 Å². The topological polar surface area (TPSA) is 45.9 Å². The lowest BCUT2D eigenvalue weighted by atomic mass is 10.1. The van der Waals surface area contributed by atoms with Crippen LogP contribution in [0.2, 0.25) is 0 Å². The van der Waals surface area contributed by atoms with Gasteiger partial charge in [0.15, 0.2) is 0 Å². The van der Waals surface area contributed by atoms with Crippen LogP contribution in [-0.2, 0) is 16.8 Å². The van der Waals surface area contributed by atoms with Crippen molar-refractivity contribution < 1.29 is 13.5 Å². The number of hydrogen-bond acceptors (Lipinski definition) is 4. The number of rotatable bonds is 5. The molecular formula is C10H10F2N2OS. The van der Waals surface area contributed by atoms with Gasteiger partial charge in [-0.1, -0.05) is 0 Å². The zero-order valence-electron chi connectivity index (χ0n) is 8.45. The van der Waals surface area contributed by atoms with Gasteiger partial charge < -0.3 is 4.74 Å². The molecule has 0 N–H and O–H groups in total. The van der Waals surface area contributed by atoms with Gasteiger partial charge in [-0.2, -0.15) is 5.26 Å². The molecule has 0 aromatic carbocycles. The van der Waals surface area contributed by atoms with Crippen LogP contribution >= 0.6 is 11.3 Å². The van der Waals surface area contributed by atoms with Gasteiger partial charge in [-0.05, 0) is 12.8 Å². The molecule has 0 radical (unpaired) electrons. The van der Waals surface area contributed by atoms with Gasteiger partial charge in [0.2, 0.25) is 0 Å². The van der Waals surface area contributed by atoms with Crippen LogP contribution < -0.4 is 0 Å². The van der Waals surface area contributed by atoms with Gasteiger partial charge in [-0.15, -0.1) is 11.3 Å².